The SMILES string of the molecule is CN=C(NCCC(=O)OC)N1CCN(c2ncccn2)CC1.I. The number of hydrogen-bond acceptors (Lipinski definition) is 6. The van der Waals surface area contributed by atoms with E-state index < -0.39 is 0 Å². The molecule has 1 N–H and O–H groups in total. The summed E-state index contributed by atoms with van der Waals surface area (Å²) in [5.41, 5.74) is 0. The van der Waals surface area contributed by atoms with Crippen molar-refractivity contribution in [2.75, 3.05) is 51.8 Å². The second kappa shape index (κ2) is 10.2. The summed E-state index contributed by atoms with van der Waals surface area (Å²) in [6, 6.07) is 1.81. The van der Waals surface area contributed by atoms with E-state index in [1.54, 1.807) is 19.4 Å². The Kier molecular flexibility index (Phi) is 8.59. The van der Waals surface area contributed by atoms with Gasteiger partial charge in [-0.3, -0.25) is 9.79 Å². The Bertz CT molecular complexity index is 505. The van der Waals surface area contributed by atoms with Crippen LogP contribution in [0, 0.1) is 0 Å². The first-order chi connectivity index (χ1) is 10.7. The van der Waals surface area contributed by atoms with Crippen LogP contribution in [0.25, 0.3) is 0 Å². The molecule has 1 aliphatic heterocycles. The smallest absolute Gasteiger partial charge is 0.307 e. The van der Waals surface area contributed by atoms with E-state index in [4.69, 9.17) is 0 Å². The van der Waals surface area contributed by atoms with Gasteiger partial charge < -0.3 is 19.9 Å². The minimum atomic E-state index is -0.228. The molecule has 2 heterocycles. The normalized spacial score (nSPS) is 15.0. The average Bonchev–Trinajstić information content (AvgIpc) is 2.59. The molecule has 0 unspecified atom stereocenters. The second-order valence-electron chi connectivity index (χ2n) is 4.82. The van der Waals surface area contributed by atoms with Gasteiger partial charge in [0.25, 0.3) is 0 Å². The zero-order valence-corrected chi connectivity index (χ0v) is 15.8. The van der Waals surface area contributed by atoms with Crippen molar-refractivity contribution in [2.45, 2.75) is 6.42 Å². The van der Waals surface area contributed by atoms with E-state index in [1.807, 2.05) is 6.07 Å². The maximum atomic E-state index is 11.1. The molecule has 128 valence electrons. The van der Waals surface area contributed by atoms with Crippen LogP contribution in [0.5, 0.6) is 0 Å². The number of nitrogens with one attached hydrogen (secondary N) is 1. The van der Waals surface area contributed by atoms with E-state index in [0.29, 0.717) is 13.0 Å². The fourth-order valence-corrected chi connectivity index (χ4v) is 2.28. The summed E-state index contributed by atoms with van der Waals surface area (Å²) in [4.78, 5) is 28.2. The lowest BCUT2D eigenvalue weighted by Crippen LogP contribution is -2.53. The molecule has 0 aliphatic carbocycles. The third kappa shape index (κ3) is 5.81. The summed E-state index contributed by atoms with van der Waals surface area (Å²) in [5, 5.41) is 3.18. The molecule has 0 bridgehead atoms. The molecule has 0 spiro atoms. The maximum absolute atomic E-state index is 11.1. The quantitative estimate of drug-likeness (QED) is 0.317. The van der Waals surface area contributed by atoms with Gasteiger partial charge in [0.15, 0.2) is 5.96 Å². The van der Waals surface area contributed by atoms with E-state index in [0.717, 1.165) is 38.1 Å². The summed E-state index contributed by atoms with van der Waals surface area (Å²) in [6.07, 6.45) is 3.83. The summed E-state index contributed by atoms with van der Waals surface area (Å²) < 4.78 is 4.62. The highest BCUT2D eigenvalue weighted by molar-refractivity contribution is 14.0. The number of halogens is 1. The number of ether oxygens (including phenoxy) is 1. The fourth-order valence-electron chi connectivity index (χ4n) is 2.28. The summed E-state index contributed by atoms with van der Waals surface area (Å²) >= 11 is 0. The number of anilines is 1. The molecule has 1 aromatic heterocycles. The zero-order valence-electron chi connectivity index (χ0n) is 13.4. The number of guanidine groups is 1. The van der Waals surface area contributed by atoms with E-state index >= 15 is 0 Å². The molecule has 8 nitrogen and oxygen atoms in total. The summed E-state index contributed by atoms with van der Waals surface area (Å²) in [5.74, 6) is 1.34. The molecule has 2 rings (SSSR count). The van der Waals surface area contributed by atoms with E-state index in [1.165, 1.54) is 7.11 Å². The van der Waals surface area contributed by atoms with E-state index in [9.17, 15) is 4.79 Å². The van der Waals surface area contributed by atoms with Gasteiger partial charge in [-0.05, 0) is 6.07 Å². The van der Waals surface area contributed by atoms with Crippen molar-refractivity contribution in [3.05, 3.63) is 18.5 Å². The molecular formula is C14H23IN6O2. The van der Waals surface area contributed by atoms with Crippen LogP contribution < -0.4 is 10.2 Å². The Labute approximate surface area is 153 Å². The van der Waals surface area contributed by atoms with Gasteiger partial charge in [0.1, 0.15) is 0 Å². The number of aliphatic imine (C=N–C) groups is 1. The number of hydrogen-bond donors (Lipinski definition) is 1. The molecule has 1 aromatic rings. The van der Waals surface area contributed by atoms with Gasteiger partial charge in [0.2, 0.25) is 5.95 Å². The number of rotatable bonds is 4. The van der Waals surface area contributed by atoms with Gasteiger partial charge in [-0.2, -0.15) is 0 Å². The maximum Gasteiger partial charge on any atom is 0.307 e. The topological polar surface area (TPSA) is 83.0 Å². The van der Waals surface area contributed by atoms with Crippen molar-refractivity contribution in [1.29, 1.82) is 0 Å². The van der Waals surface area contributed by atoms with E-state index in [2.05, 4.69) is 34.8 Å². The zero-order chi connectivity index (χ0) is 15.8. The molecule has 1 aliphatic rings. The van der Waals surface area contributed by atoms with Crippen LogP contribution in [-0.2, 0) is 9.53 Å². The van der Waals surface area contributed by atoms with Gasteiger partial charge in [0.05, 0.1) is 13.5 Å². The van der Waals surface area contributed by atoms with Crippen molar-refractivity contribution >= 4 is 41.9 Å². The fraction of sp³-hybridized carbons (Fsp3) is 0.571. The number of carbonyl (C=O) groups excluding carboxylic acids is 1. The Hall–Kier alpha value is -1.65. The molecular weight excluding hydrogens is 411 g/mol. The molecule has 1 fully saturated rings. The largest absolute Gasteiger partial charge is 0.469 e. The Morgan fingerprint density at radius 1 is 1.30 bits per heavy atom. The molecule has 1 saturated heterocycles. The molecule has 23 heavy (non-hydrogen) atoms. The summed E-state index contributed by atoms with van der Waals surface area (Å²) in [7, 11) is 3.13. The lowest BCUT2D eigenvalue weighted by atomic mass is 10.3. The first-order valence-electron chi connectivity index (χ1n) is 7.29. The Morgan fingerprint density at radius 3 is 2.52 bits per heavy atom. The molecule has 0 amide bonds. The third-order valence-electron chi connectivity index (χ3n) is 3.47. The minimum Gasteiger partial charge on any atom is -0.469 e. The van der Waals surface area contributed by atoms with Gasteiger partial charge >= 0.3 is 5.97 Å². The number of nitrogens with zero attached hydrogens (tertiary/aromatic N) is 5. The highest BCUT2D eigenvalue weighted by Crippen LogP contribution is 2.09. The van der Waals surface area contributed by atoms with Crippen molar-refractivity contribution in [2.24, 2.45) is 4.99 Å². The lowest BCUT2D eigenvalue weighted by molar-refractivity contribution is -0.140. The standard InChI is InChI=1S/C14H22N6O2.HI/c1-15-13(18-7-4-12(21)22-2)19-8-10-20(11-9-19)14-16-5-3-6-17-14;/h3,5-6H,4,7-11H2,1-2H3,(H,15,18);1H. The predicted molar refractivity (Wildman–Crippen MR) is 99.2 cm³/mol. The number of aromatic nitrogens is 2. The van der Waals surface area contributed by atoms with Crippen LogP contribution >= 0.6 is 24.0 Å². The van der Waals surface area contributed by atoms with Crippen LogP contribution in [-0.4, -0.2) is 73.7 Å². The average molecular weight is 434 g/mol. The number of esters is 1. The number of methoxy groups -OCH3 is 1. The molecule has 0 saturated carbocycles. The summed E-state index contributed by atoms with van der Waals surface area (Å²) in [6.45, 7) is 3.84. The minimum absolute atomic E-state index is 0. The molecule has 9 heteroatoms. The van der Waals surface area contributed by atoms with Crippen molar-refractivity contribution in [3.63, 3.8) is 0 Å². The van der Waals surface area contributed by atoms with Crippen molar-refractivity contribution in [3.8, 4) is 0 Å². The van der Waals surface area contributed by atoms with Crippen LogP contribution in [0.1, 0.15) is 6.42 Å². The van der Waals surface area contributed by atoms with Gasteiger partial charge in [-0.15, -0.1) is 24.0 Å². The van der Waals surface area contributed by atoms with Crippen LogP contribution in [0.2, 0.25) is 0 Å². The molecule has 0 aromatic carbocycles. The van der Waals surface area contributed by atoms with Crippen molar-refractivity contribution < 1.29 is 9.53 Å². The molecule has 0 radical (unpaired) electrons. The van der Waals surface area contributed by atoms with Crippen LogP contribution in [0.4, 0.5) is 5.95 Å². The first-order valence-corrected chi connectivity index (χ1v) is 7.29. The predicted octanol–water partition coefficient (Wildman–Crippen LogP) is 0.355. The lowest BCUT2D eigenvalue weighted by Gasteiger charge is -2.36. The second-order valence-corrected chi connectivity index (χ2v) is 4.82. The first kappa shape index (κ1) is 19.4. The van der Waals surface area contributed by atoms with Crippen molar-refractivity contribution in [1.82, 2.24) is 20.2 Å². The highest BCUT2D eigenvalue weighted by atomic mass is 127. The number of carbonyl (C=O) groups is 1. The number of piperazine rings is 1. The van der Waals surface area contributed by atoms with E-state index in [-0.39, 0.29) is 29.9 Å². The van der Waals surface area contributed by atoms with Gasteiger partial charge in [-0.25, -0.2) is 9.97 Å². The molecule has 0 atom stereocenters. The van der Waals surface area contributed by atoms with Gasteiger partial charge in [0, 0.05) is 52.2 Å². The van der Waals surface area contributed by atoms with Gasteiger partial charge in [-0.1, -0.05) is 0 Å². The monoisotopic (exact) mass is 434 g/mol. The highest BCUT2D eigenvalue weighted by Gasteiger charge is 2.20. The Balaban J connectivity index is 0.00000264. The van der Waals surface area contributed by atoms with Crippen LogP contribution in [0.15, 0.2) is 23.5 Å². The Morgan fingerprint density at radius 2 is 1.96 bits per heavy atom. The van der Waals surface area contributed by atoms with Crippen LogP contribution in [0.3, 0.4) is 0 Å². The third-order valence-corrected chi connectivity index (χ3v) is 3.47.